The number of hydrogen-bond donors (Lipinski definition) is 0. The van der Waals surface area contributed by atoms with Crippen LogP contribution in [0.15, 0.2) is 12.7 Å². The van der Waals surface area contributed by atoms with E-state index in [1.807, 2.05) is 0 Å². The Hall–Kier alpha value is -0.260. The molecule has 0 atom stereocenters. The zero-order chi connectivity index (χ0) is 39.5. The van der Waals surface area contributed by atoms with Crippen LogP contribution in [0, 0.1) is 0 Å². The van der Waals surface area contributed by atoms with Crippen molar-refractivity contribution >= 4 is 0 Å². The van der Waals surface area contributed by atoms with Crippen molar-refractivity contribution < 1.29 is 0 Å². The lowest BCUT2D eigenvalue weighted by molar-refractivity contribution is 0.507. The summed E-state index contributed by atoms with van der Waals surface area (Å²) >= 11 is 0. The van der Waals surface area contributed by atoms with Crippen molar-refractivity contribution in [3.63, 3.8) is 0 Å². The summed E-state index contributed by atoms with van der Waals surface area (Å²) in [6.07, 6.45) is 78.9. The van der Waals surface area contributed by atoms with Gasteiger partial charge in [-0.3, -0.25) is 0 Å². The maximum Gasteiger partial charge on any atom is -0.0353 e. The second-order valence-corrected chi connectivity index (χ2v) is 18.8. The Morgan fingerprint density at radius 1 is 0.182 bits per heavy atom. The molecule has 0 aromatic heterocycles. The highest BCUT2D eigenvalue weighted by Crippen LogP contribution is 2.19. The van der Waals surface area contributed by atoms with Crippen molar-refractivity contribution in [2.45, 2.75) is 341 Å². The molecule has 0 bridgehead atoms. The Morgan fingerprint density at radius 2 is 0.291 bits per heavy atom. The molecule has 0 amide bonds. The third kappa shape index (κ3) is 53.7. The lowest BCUT2D eigenvalue weighted by Crippen LogP contribution is -1.85. The molecule has 0 heterocycles. The summed E-state index contributed by atoms with van der Waals surface area (Å²) in [5, 5.41) is 0. The maximum absolute atomic E-state index is 3.82. The molecule has 0 aromatic rings. The fraction of sp³-hybridized carbons (Fsp3) is 0.964. The Bertz CT molecular complexity index is 634. The van der Waals surface area contributed by atoms with E-state index < -0.39 is 0 Å². The zero-order valence-electron chi connectivity index (χ0n) is 39.1. The average Bonchev–Trinajstić information content (AvgIpc) is 3.20. The molecule has 0 N–H and O–H groups in total. The molecule has 55 heavy (non-hydrogen) atoms. The van der Waals surface area contributed by atoms with Crippen LogP contribution >= 0.6 is 0 Å². The van der Waals surface area contributed by atoms with E-state index in [1.54, 1.807) is 0 Å². The van der Waals surface area contributed by atoms with Crippen molar-refractivity contribution in [1.29, 1.82) is 0 Å². The number of hydrogen-bond acceptors (Lipinski definition) is 0. The van der Waals surface area contributed by atoms with Crippen LogP contribution in [0.4, 0.5) is 0 Å². The minimum Gasteiger partial charge on any atom is -0.103 e. The first-order chi connectivity index (χ1) is 27.4. The van der Waals surface area contributed by atoms with Gasteiger partial charge in [-0.2, -0.15) is 0 Å². The lowest BCUT2D eigenvalue weighted by Gasteiger charge is -2.05. The summed E-state index contributed by atoms with van der Waals surface area (Å²) in [5.41, 5.74) is 0. The van der Waals surface area contributed by atoms with Crippen molar-refractivity contribution in [3.05, 3.63) is 12.7 Å². The standard InChI is InChI=1S/C55H110/c1-3-5-7-9-11-13-15-17-19-21-23-25-27-29-31-33-35-37-39-41-43-45-47-49-51-53-55-54-52-50-48-46-44-42-40-38-36-34-32-30-28-26-24-22-20-18-16-14-12-10-8-6-4-2/h3H,1,4-55H2,2H3. The molecule has 330 valence electrons. The molecule has 0 aliphatic rings. The van der Waals surface area contributed by atoms with Gasteiger partial charge in [-0.15, -0.1) is 6.58 Å². The van der Waals surface area contributed by atoms with Crippen molar-refractivity contribution in [2.24, 2.45) is 0 Å². The van der Waals surface area contributed by atoms with Crippen LogP contribution in [-0.4, -0.2) is 0 Å². The van der Waals surface area contributed by atoms with Gasteiger partial charge in [0.05, 0.1) is 0 Å². The third-order valence-corrected chi connectivity index (χ3v) is 13.0. The smallest absolute Gasteiger partial charge is 0.0353 e. The van der Waals surface area contributed by atoms with Crippen LogP contribution in [-0.2, 0) is 0 Å². The molecule has 0 rings (SSSR count). The van der Waals surface area contributed by atoms with Gasteiger partial charge < -0.3 is 0 Å². The lowest BCUT2D eigenvalue weighted by atomic mass is 10.0. The molecule has 0 saturated carbocycles. The van der Waals surface area contributed by atoms with E-state index in [-0.39, 0.29) is 0 Å². The molecule has 0 unspecified atom stereocenters. The summed E-state index contributed by atoms with van der Waals surface area (Å²) in [5.74, 6) is 0. The first kappa shape index (κ1) is 54.7. The normalized spacial score (nSPS) is 11.6. The van der Waals surface area contributed by atoms with Crippen molar-refractivity contribution in [3.8, 4) is 0 Å². The highest BCUT2D eigenvalue weighted by molar-refractivity contribution is 4.65. The average molecular weight is 771 g/mol. The van der Waals surface area contributed by atoms with E-state index in [4.69, 9.17) is 0 Å². The van der Waals surface area contributed by atoms with Gasteiger partial charge in [0.15, 0.2) is 0 Å². The van der Waals surface area contributed by atoms with Crippen LogP contribution in [0.1, 0.15) is 341 Å². The van der Waals surface area contributed by atoms with Crippen LogP contribution in [0.3, 0.4) is 0 Å². The van der Waals surface area contributed by atoms with Gasteiger partial charge in [0.25, 0.3) is 0 Å². The largest absolute Gasteiger partial charge is 0.103 e. The van der Waals surface area contributed by atoms with Gasteiger partial charge in [-0.1, -0.05) is 334 Å². The minimum atomic E-state index is 1.21. The van der Waals surface area contributed by atoms with Crippen LogP contribution in [0.2, 0.25) is 0 Å². The maximum atomic E-state index is 3.82. The third-order valence-electron chi connectivity index (χ3n) is 13.0. The molecule has 0 aromatic carbocycles. The number of allylic oxidation sites excluding steroid dienone is 1. The summed E-state index contributed by atoms with van der Waals surface area (Å²) in [4.78, 5) is 0. The molecule has 0 fully saturated rings. The molecule has 0 heteroatoms. The van der Waals surface area contributed by atoms with Crippen LogP contribution in [0.5, 0.6) is 0 Å². The molecule has 0 saturated heterocycles. The molecule has 0 aliphatic heterocycles. The van der Waals surface area contributed by atoms with E-state index in [0.717, 1.165) is 0 Å². The van der Waals surface area contributed by atoms with Crippen LogP contribution < -0.4 is 0 Å². The van der Waals surface area contributed by atoms with Gasteiger partial charge in [-0.25, -0.2) is 0 Å². The topological polar surface area (TPSA) is 0 Å². The van der Waals surface area contributed by atoms with Gasteiger partial charge >= 0.3 is 0 Å². The summed E-state index contributed by atoms with van der Waals surface area (Å²) in [6, 6.07) is 0. The fourth-order valence-electron chi connectivity index (χ4n) is 9.02. The summed E-state index contributed by atoms with van der Waals surface area (Å²) in [6.45, 7) is 6.13. The summed E-state index contributed by atoms with van der Waals surface area (Å²) in [7, 11) is 0. The van der Waals surface area contributed by atoms with Gasteiger partial charge in [-0.05, 0) is 12.8 Å². The zero-order valence-corrected chi connectivity index (χ0v) is 39.1. The molecular formula is C55H110. The fourth-order valence-corrected chi connectivity index (χ4v) is 9.02. The van der Waals surface area contributed by atoms with E-state index in [2.05, 4.69) is 19.6 Å². The minimum absolute atomic E-state index is 1.21. The van der Waals surface area contributed by atoms with E-state index in [0.29, 0.717) is 0 Å². The van der Waals surface area contributed by atoms with E-state index >= 15 is 0 Å². The Balaban J connectivity index is 3.05. The molecule has 0 nitrogen and oxygen atoms in total. The van der Waals surface area contributed by atoms with Gasteiger partial charge in [0.1, 0.15) is 0 Å². The SMILES string of the molecule is C=CCCCCCCCCCCCCCCCCCCCCCCCCCCCCCCCCCCCCCCCCCCCCCCCCCCCCC. The second-order valence-electron chi connectivity index (χ2n) is 18.8. The first-order valence-corrected chi connectivity index (χ1v) is 27.0. The van der Waals surface area contributed by atoms with Gasteiger partial charge in [0.2, 0.25) is 0 Å². The van der Waals surface area contributed by atoms with Crippen molar-refractivity contribution in [1.82, 2.24) is 0 Å². The van der Waals surface area contributed by atoms with Crippen molar-refractivity contribution in [2.75, 3.05) is 0 Å². The van der Waals surface area contributed by atoms with E-state index in [9.17, 15) is 0 Å². The quantitative estimate of drug-likeness (QED) is 0.0427. The van der Waals surface area contributed by atoms with Gasteiger partial charge in [0, 0.05) is 0 Å². The Morgan fingerprint density at radius 3 is 0.400 bits per heavy atom. The predicted molar refractivity (Wildman–Crippen MR) is 256 cm³/mol. The molecular weight excluding hydrogens is 661 g/mol. The monoisotopic (exact) mass is 771 g/mol. The molecule has 0 radical (unpaired) electrons. The second kappa shape index (κ2) is 53.7. The Kier molecular flexibility index (Phi) is 53.5. The molecule has 0 aliphatic carbocycles. The predicted octanol–water partition coefficient (Wildman–Crippen LogP) is 21.5. The highest BCUT2D eigenvalue weighted by atomic mass is 14.1. The molecule has 0 spiro atoms. The number of rotatable bonds is 52. The highest BCUT2D eigenvalue weighted by Gasteiger charge is 1.99. The van der Waals surface area contributed by atoms with E-state index in [1.165, 1.54) is 334 Å². The van der Waals surface area contributed by atoms with Crippen LogP contribution in [0.25, 0.3) is 0 Å². The Labute approximate surface area is 352 Å². The number of unbranched alkanes of at least 4 members (excludes halogenated alkanes) is 51. The summed E-state index contributed by atoms with van der Waals surface area (Å²) < 4.78 is 0. The first-order valence-electron chi connectivity index (χ1n) is 27.0.